The molecule has 0 radical (unpaired) electrons. The van der Waals surface area contributed by atoms with Gasteiger partial charge in [-0.3, -0.25) is 0 Å². The van der Waals surface area contributed by atoms with Crippen molar-refractivity contribution in [2.24, 2.45) is 0 Å². The van der Waals surface area contributed by atoms with Gasteiger partial charge in [0.05, 0.1) is 18.2 Å². The third-order valence-electron chi connectivity index (χ3n) is 3.95. The Balaban J connectivity index is 2.04. The topological polar surface area (TPSA) is 74.7 Å². The third-order valence-corrected chi connectivity index (χ3v) is 3.95. The first-order chi connectivity index (χ1) is 13.8. The molecule has 1 aromatic heterocycles. The third kappa shape index (κ3) is 4.45. The van der Waals surface area contributed by atoms with Crippen LogP contribution in [0.2, 0.25) is 0 Å². The molecule has 0 fully saturated rings. The lowest BCUT2D eigenvalue weighted by Gasteiger charge is -2.13. The van der Waals surface area contributed by atoms with Crippen LogP contribution in [0.1, 0.15) is 28.0 Å². The van der Waals surface area contributed by atoms with Crippen molar-refractivity contribution < 1.29 is 37.0 Å². The molecule has 0 amide bonds. The normalized spacial score (nSPS) is 10.8. The summed E-state index contributed by atoms with van der Waals surface area (Å²) in [5.41, 5.74) is 0.0617. The maximum Gasteiger partial charge on any atom is 0.513 e. The van der Waals surface area contributed by atoms with Gasteiger partial charge >= 0.3 is 12.1 Å². The summed E-state index contributed by atoms with van der Waals surface area (Å²) in [4.78, 5) is 27.6. The molecule has 0 atom stereocenters. The number of hydrogen-bond donors (Lipinski definition) is 0. The zero-order valence-electron chi connectivity index (χ0n) is 15.2. The first-order valence-electron chi connectivity index (χ1n) is 8.25. The number of pyridine rings is 1. The van der Waals surface area contributed by atoms with Gasteiger partial charge in [-0.1, -0.05) is 0 Å². The molecule has 3 aromatic rings. The number of alkyl halides is 2. The Labute approximate surface area is 162 Å². The van der Waals surface area contributed by atoms with Crippen LogP contribution in [0.3, 0.4) is 0 Å². The molecule has 0 bridgehead atoms. The largest absolute Gasteiger partial charge is 0.513 e. The first kappa shape index (κ1) is 20.1. The SMILES string of the molecule is COC(=O)Oc1cc(C(F)F)nc2cc(C)c(OC(=O)c3ccc(F)cc3)cc12. The van der Waals surface area contributed by atoms with Gasteiger partial charge in [0.2, 0.25) is 0 Å². The predicted octanol–water partition coefficient (Wildman–Crippen LogP) is 4.98. The molecule has 1 heterocycles. The fraction of sp³-hybridized carbons (Fsp3) is 0.150. The highest BCUT2D eigenvalue weighted by atomic mass is 19.3. The van der Waals surface area contributed by atoms with Crippen molar-refractivity contribution in [3.63, 3.8) is 0 Å². The quantitative estimate of drug-likeness (QED) is 0.450. The van der Waals surface area contributed by atoms with E-state index in [0.29, 0.717) is 5.56 Å². The van der Waals surface area contributed by atoms with Crippen LogP contribution in [-0.2, 0) is 4.74 Å². The summed E-state index contributed by atoms with van der Waals surface area (Å²) in [6.07, 6.45) is -4.00. The van der Waals surface area contributed by atoms with E-state index in [1.807, 2.05) is 0 Å². The molecule has 0 N–H and O–H groups in total. The van der Waals surface area contributed by atoms with Crippen LogP contribution in [0.4, 0.5) is 18.0 Å². The molecule has 0 saturated heterocycles. The number of carbonyl (C=O) groups excluding carboxylic acids is 2. The number of fused-ring (bicyclic) bond motifs is 1. The molecule has 150 valence electrons. The molecule has 0 aliphatic rings. The summed E-state index contributed by atoms with van der Waals surface area (Å²) in [6, 6.07) is 8.41. The van der Waals surface area contributed by atoms with Crippen molar-refractivity contribution in [3.8, 4) is 11.5 Å². The Hall–Kier alpha value is -3.62. The summed E-state index contributed by atoms with van der Waals surface area (Å²) in [7, 11) is 1.07. The van der Waals surface area contributed by atoms with Crippen LogP contribution < -0.4 is 9.47 Å². The van der Waals surface area contributed by atoms with E-state index < -0.39 is 30.1 Å². The number of aryl methyl sites for hydroxylation is 1. The lowest BCUT2D eigenvalue weighted by molar-refractivity contribution is 0.0733. The van der Waals surface area contributed by atoms with Crippen LogP contribution in [0.25, 0.3) is 10.9 Å². The van der Waals surface area contributed by atoms with Gasteiger partial charge in [0.25, 0.3) is 6.43 Å². The number of esters is 1. The maximum atomic E-state index is 13.1. The molecule has 0 aliphatic carbocycles. The molecule has 0 spiro atoms. The highest BCUT2D eigenvalue weighted by molar-refractivity contribution is 5.93. The van der Waals surface area contributed by atoms with E-state index in [0.717, 1.165) is 25.3 Å². The van der Waals surface area contributed by atoms with E-state index in [1.165, 1.54) is 24.3 Å². The molecule has 2 aromatic carbocycles. The molecule has 3 rings (SSSR count). The van der Waals surface area contributed by atoms with Gasteiger partial charge in [-0.05, 0) is 48.9 Å². The molecule has 6 nitrogen and oxygen atoms in total. The van der Waals surface area contributed by atoms with Gasteiger partial charge in [-0.15, -0.1) is 0 Å². The van der Waals surface area contributed by atoms with E-state index in [-0.39, 0.29) is 28.0 Å². The summed E-state index contributed by atoms with van der Waals surface area (Å²) in [5.74, 6) is -1.39. The molecule has 0 saturated carbocycles. The zero-order valence-corrected chi connectivity index (χ0v) is 15.2. The molecule has 0 aliphatic heterocycles. The first-order valence-corrected chi connectivity index (χ1v) is 8.25. The van der Waals surface area contributed by atoms with E-state index in [1.54, 1.807) is 6.92 Å². The number of rotatable bonds is 4. The molecular weight excluding hydrogens is 391 g/mol. The highest BCUT2D eigenvalue weighted by Crippen LogP contribution is 2.34. The van der Waals surface area contributed by atoms with Crippen LogP contribution in [-0.4, -0.2) is 24.2 Å². The van der Waals surface area contributed by atoms with Crippen molar-refractivity contribution in [3.05, 3.63) is 65.1 Å². The summed E-state index contributed by atoms with van der Waals surface area (Å²) in [5, 5.41) is 0.160. The standard InChI is InChI=1S/C20H14F3NO5/c1-10-7-14-13(17(29-20(26)27-2)9-15(24-14)18(22)23)8-16(10)28-19(25)11-3-5-12(21)6-4-11/h3-9,18H,1-2H3. The highest BCUT2D eigenvalue weighted by Gasteiger charge is 2.19. The van der Waals surface area contributed by atoms with E-state index >= 15 is 0 Å². The van der Waals surface area contributed by atoms with Gasteiger partial charge in [0.15, 0.2) is 0 Å². The lowest BCUT2D eigenvalue weighted by atomic mass is 10.1. The monoisotopic (exact) mass is 405 g/mol. The summed E-state index contributed by atoms with van der Waals surface area (Å²) < 4.78 is 54.0. The Morgan fingerprint density at radius 2 is 1.69 bits per heavy atom. The van der Waals surface area contributed by atoms with E-state index in [9.17, 15) is 22.8 Å². The molecular formula is C20H14F3NO5. The zero-order chi connectivity index (χ0) is 21.1. The van der Waals surface area contributed by atoms with Crippen molar-refractivity contribution >= 4 is 23.0 Å². The van der Waals surface area contributed by atoms with Gasteiger partial charge in [-0.25, -0.2) is 27.7 Å². The van der Waals surface area contributed by atoms with Gasteiger partial charge in [0.1, 0.15) is 23.0 Å². The minimum absolute atomic E-state index is 0.0909. The van der Waals surface area contributed by atoms with Crippen molar-refractivity contribution in [2.75, 3.05) is 7.11 Å². The maximum absolute atomic E-state index is 13.1. The number of aromatic nitrogens is 1. The van der Waals surface area contributed by atoms with Gasteiger partial charge in [0, 0.05) is 11.5 Å². The molecule has 29 heavy (non-hydrogen) atoms. The average molecular weight is 405 g/mol. The second-order valence-corrected chi connectivity index (χ2v) is 5.93. The number of carbonyl (C=O) groups is 2. The minimum atomic E-state index is -2.89. The second kappa shape index (κ2) is 8.17. The fourth-order valence-electron chi connectivity index (χ4n) is 2.53. The predicted molar refractivity (Wildman–Crippen MR) is 95.8 cm³/mol. The molecule has 0 unspecified atom stereocenters. The van der Waals surface area contributed by atoms with Crippen LogP contribution >= 0.6 is 0 Å². The second-order valence-electron chi connectivity index (χ2n) is 5.93. The number of nitrogens with zero attached hydrogens (tertiary/aromatic N) is 1. The van der Waals surface area contributed by atoms with Crippen LogP contribution in [0, 0.1) is 12.7 Å². The smallest absolute Gasteiger partial charge is 0.437 e. The lowest BCUT2D eigenvalue weighted by Crippen LogP contribution is -2.10. The Morgan fingerprint density at radius 3 is 2.31 bits per heavy atom. The van der Waals surface area contributed by atoms with Crippen molar-refractivity contribution in [1.29, 1.82) is 0 Å². The summed E-state index contributed by atoms with van der Waals surface area (Å²) in [6.45, 7) is 1.59. The Kier molecular flexibility index (Phi) is 5.67. The van der Waals surface area contributed by atoms with E-state index in [4.69, 9.17) is 9.47 Å². The number of methoxy groups -OCH3 is 1. The number of benzene rings is 2. The Bertz CT molecular complexity index is 1080. The molecule has 9 heteroatoms. The number of halogens is 3. The number of ether oxygens (including phenoxy) is 3. The van der Waals surface area contributed by atoms with Crippen LogP contribution in [0.15, 0.2) is 42.5 Å². The minimum Gasteiger partial charge on any atom is -0.437 e. The van der Waals surface area contributed by atoms with Crippen molar-refractivity contribution in [1.82, 2.24) is 4.98 Å². The summed E-state index contributed by atoms with van der Waals surface area (Å²) >= 11 is 0. The van der Waals surface area contributed by atoms with E-state index in [2.05, 4.69) is 9.72 Å². The average Bonchev–Trinajstić information content (AvgIpc) is 2.68. The van der Waals surface area contributed by atoms with Crippen molar-refractivity contribution in [2.45, 2.75) is 13.3 Å². The fourth-order valence-corrected chi connectivity index (χ4v) is 2.53. The van der Waals surface area contributed by atoms with Crippen LogP contribution in [0.5, 0.6) is 11.5 Å². The van der Waals surface area contributed by atoms with Gasteiger partial charge in [-0.2, -0.15) is 0 Å². The Morgan fingerprint density at radius 1 is 1.00 bits per heavy atom. The van der Waals surface area contributed by atoms with Gasteiger partial charge < -0.3 is 14.2 Å². The number of hydrogen-bond acceptors (Lipinski definition) is 6.